The van der Waals surface area contributed by atoms with Gasteiger partial charge in [-0.1, -0.05) is 6.92 Å². The van der Waals surface area contributed by atoms with E-state index in [4.69, 9.17) is 5.84 Å². The number of nitrogens with two attached hydrogens (primary N) is 1. The van der Waals surface area contributed by atoms with Gasteiger partial charge in [0.05, 0.1) is 17.4 Å². The first-order valence-corrected chi connectivity index (χ1v) is 5.07. The normalized spacial score (nSPS) is 12.2. The summed E-state index contributed by atoms with van der Waals surface area (Å²) in [6.45, 7) is 5.09. The molecular weight excluding hydrogens is 226 g/mol. The number of hydrogen-bond acceptors (Lipinski definition) is 5. The highest BCUT2D eigenvalue weighted by Crippen LogP contribution is 2.22. The molecule has 0 aliphatic carbocycles. The van der Waals surface area contributed by atoms with Crippen molar-refractivity contribution >= 4 is 11.6 Å². The first-order valence-electron chi connectivity index (χ1n) is 5.07. The van der Waals surface area contributed by atoms with Crippen LogP contribution in [0.3, 0.4) is 0 Å². The lowest BCUT2D eigenvalue weighted by atomic mass is 10.1. The quantitative estimate of drug-likeness (QED) is 0.334. The van der Waals surface area contributed by atoms with Crippen molar-refractivity contribution in [1.29, 1.82) is 0 Å². The van der Waals surface area contributed by atoms with Crippen LogP contribution in [-0.2, 0) is 11.3 Å². The van der Waals surface area contributed by atoms with Crippen LogP contribution in [0, 0.1) is 29.9 Å². The second kappa shape index (κ2) is 4.91. The van der Waals surface area contributed by atoms with E-state index in [1.54, 1.807) is 20.8 Å². The molecule has 1 aromatic rings. The average Bonchev–Trinajstić information content (AvgIpc) is 2.52. The predicted octanol–water partition coefficient (Wildman–Crippen LogP) is 0.0341. The van der Waals surface area contributed by atoms with Crippen molar-refractivity contribution in [1.82, 2.24) is 15.2 Å². The van der Waals surface area contributed by atoms with Crippen LogP contribution in [0.15, 0.2) is 0 Å². The van der Waals surface area contributed by atoms with E-state index >= 15 is 0 Å². The van der Waals surface area contributed by atoms with Gasteiger partial charge < -0.3 is 0 Å². The number of nitrogens with zero attached hydrogens (tertiary/aromatic N) is 3. The number of carbonyl (C=O) groups excluding carboxylic acids is 1. The lowest BCUT2D eigenvalue weighted by molar-refractivity contribution is -0.386. The van der Waals surface area contributed by atoms with E-state index in [9.17, 15) is 14.9 Å². The number of aromatic nitrogens is 2. The largest absolute Gasteiger partial charge is 0.312 e. The molecule has 1 heterocycles. The Morgan fingerprint density at radius 3 is 2.65 bits per heavy atom. The molecule has 0 spiro atoms. The molecule has 94 valence electrons. The summed E-state index contributed by atoms with van der Waals surface area (Å²) in [7, 11) is 0. The zero-order chi connectivity index (χ0) is 13.2. The topological polar surface area (TPSA) is 116 Å². The van der Waals surface area contributed by atoms with Gasteiger partial charge in [0.15, 0.2) is 0 Å². The Balaban J connectivity index is 2.97. The van der Waals surface area contributed by atoms with Crippen LogP contribution in [-0.4, -0.2) is 20.6 Å². The lowest BCUT2D eigenvalue weighted by Gasteiger charge is -2.10. The number of carbonyl (C=O) groups is 1. The zero-order valence-corrected chi connectivity index (χ0v) is 9.93. The summed E-state index contributed by atoms with van der Waals surface area (Å²) in [5.41, 5.74) is 2.80. The Kier molecular flexibility index (Phi) is 3.79. The van der Waals surface area contributed by atoms with Crippen molar-refractivity contribution in [2.24, 2.45) is 11.8 Å². The van der Waals surface area contributed by atoms with Gasteiger partial charge in [0.25, 0.3) is 0 Å². The van der Waals surface area contributed by atoms with E-state index in [1.807, 2.05) is 5.43 Å². The van der Waals surface area contributed by atoms with Crippen molar-refractivity contribution in [2.45, 2.75) is 27.3 Å². The molecule has 8 heteroatoms. The van der Waals surface area contributed by atoms with E-state index in [1.165, 1.54) is 4.68 Å². The molecule has 1 rings (SSSR count). The maximum atomic E-state index is 11.2. The van der Waals surface area contributed by atoms with Crippen molar-refractivity contribution in [3.63, 3.8) is 0 Å². The SMILES string of the molecule is Cc1nn(C[C@@H](C)C(=O)NN)c(C)c1[N+](=O)[O-]. The molecule has 0 aliphatic rings. The standard InChI is InChI=1S/C9H15N5O3/c1-5(9(15)11-10)4-13-7(3)8(14(16)17)6(2)12-13/h5H,4,10H2,1-3H3,(H,11,15)/t5-/m1/s1. The fourth-order valence-electron chi connectivity index (χ4n) is 1.61. The number of rotatable bonds is 4. The Bertz CT molecular complexity index is 454. The predicted molar refractivity (Wildman–Crippen MR) is 59.8 cm³/mol. The molecule has 0 fully saturated rings. The minimum atomic E-state index is -0.470. The number of amides is 1. The molecule has 17 heavy (non-hydrogen) atoms. The minimum absolute atomic E-state index is 0.00893. The molecule has 0 aromatic carbocycles. The molecule has 0 saturated heterocycles. The molecule has 0 aliphatic heterocycles. The molecule has 3 N–H and O–H groups in total. The highest BCUT2D eigenvalue weighted by atomic mass is 16.6. The summed E-state index contributed by atoms with van der Waals surface area (Å²) < 4.78 is 1.45. The van der Waals surface area contributed by atoms with Crippen molar-refractivity contribution in [3.8, 4) is 0 Å². The van der Waals surface area contributed by atoms with E-state index in [2.05, 4.69) is 5.10 Å². The number of aryl methyl sites for hydroxylation is 1. The second-order valence-corrected chi connectivity index (χ2v) is 3.87. The maximum Gasteiger partial charge on any atom is 0.312 e. The van der Waals surface area contributed by atoms with Gasteiger partial charge in [-0.15, -0.1) is 0 Å². The Morgan fingerprint density at radius 2 is 2.24 bits per heavy atom. The third-order valence-corrected chi connectivity index (χ3v) is 2.56. The van der Waals surface area contributed by atoms with Gasteiger partial charge in [-0.2, -0.15) is 5.10 Å². The van der Waals surface area contributed by atoms with Gasteiger partial charge >= 0.3 is 5.69 Å². The molecule has 0 bridgehead atoms. The van der Waals surface area contributed by atoms with Crippen molar-refractivity contribution in [3.05, 3.63) is 21.5 Å². The minimum Gasteiger partial charge on any atom is -0.294 e. The van der Waals surface area contributed by atoms with Crippen molar-refractivity contribution < 1.29 is 9.72 Å². The molecule has 0 unspecified atom stereocenters. The summed E-state index contributed by atoms with van der Waals surface area (Å²) in [4.78, 5) is 21.6. The average molecular weight is 241 g/mol. The Hall–Kier alpha value is -1.96. The molecule has 1 aromatic heterocycles. The van der Waals surface area contributed by atoms with Crippen LogP contribution < -0.4 is 11.3 Å². The second-order valence-electron chi connectivity index (χ2n) is 3.87. The van der Waals surface area contributed by atoms with Crippen LogP contribution in [0.2, 0.25) is 0 Å². The Labute approximate surface area is 97.9 Å². The number of nitrogens with one attached hydrogen (secondary N) is 1. The third kappa shape index (κ3) is 2.59. The van der Waals surface area contributed by atoms with Crippen LogP contribution in [0.5, 0.6) is 0 Å². The monoisotopic (exact) mass is 241 g/mol. The first-order chi connectivity index (χ1) is 7.88. The van der Waals surface area contributed by atoms with Crippen LogP contribution in [0.25, 0.3) is 0 Å². The molecule has 1 atom stereocenters. The molecular formula is C9H15N5O3. The van der Waals surface area contributed by atoms with Gasteiger partial charge in [0, 0.05) is 0 Å². The Morgan fingerprint density at radius 1 is 1.65 bits per heavy atom. The van der Waals surface area contributed by atoms with Crippen LogP contribution in [0.1, 0.15) is 18.3 Å². The molecule has 0 radical (unpaired) electrons. The summed E-state index contributed by atoms with van der Waals surface area (Å²) in [5, 5.41) is 14.8. The van der Waals surface area contributed by atoms with E-state index in [0.717, 1.165) is 0 Å². The summed E-state index contributed by atoms with van der Waals surface area (Å²) in [5.74, 6) is 4.27. The zero-order valence-electron chi connectivity index (χ0n) is 9.93. The molecule has 8 nitrogen and oxygen atoms in total. The maximum absolute atomic E-state index is 11.2. The highest BCUT2D eigenvalue weighted by Gasteiger charge is 2.23. The van der Waals surface area contributed by atoms with Gasteiger partial charge in [0.1, 0.15) is 11.4 Å². The third-order valence-electron chi connectivity index (χ3n) is 2.56. The van der Waals surface area contributed by atoms with Gasteiger partial charge in [-0.25, -0.2) is 5.84 Å². The number of hydrazine groups is 1. The van der Waals surface area contributed by atoms with Crippen molar-refractivity contribution in [2.75, 3.05) is 0 Å². The summed E-state index contributed by atoms with van der Waals surface area (Å²) in [6.07, 6.45) is 0. The van der Waals surface area contributed by atoms with E-state index < -0.39 is 10.8 Å². The fourth-order valence-corrected chi connectivity index (χ4v) is 1.61. The highest BCUT2D eigenvalue weighted by molar-refractivity contribution is 5.77. The van der Waals surface area contributed by atoms with Gasteiger partial charge in [-0.05, 0) is 13.8 Å². The number of hydrogen-bond donors (Lipinski definition) is 2. The smallest absolute Gasteiger partial charge is 0.294 e. The summed E-state index contributed by atoms with van der Waals surface area (Å²) >= 11 is 0. The van der Waals surface area contributed by atoms with Gasteiger partial charge in [0.2, 0.25) is 5.91 Å². The van der Waals surface area contributed by atoms with E-state index in [0.29, 0.717) is 11.4 Å². The van der Waals surface area contributed by atoms with E-state index in [-0.39, 0.29) is 18.1 Å². The fraction of sp³-hybridized carbons (Fsp3) is 0.556. The first kappa shape index (κ1) is 13.1. The van der Waals surface area contributed by atoms with Crippen LogP contribution >= 0.6 is 0 Å². The van der Waals surface area contributed by atoms with Crippen LogP contribution in [0.4, 0.5) is 5.69 Å². The number of nitro groups is 1. The summed E-state index contributed by atoms with van der Waals surface area (Å²) in [6, 6.07) is 0. The molecule has 1 amide bonds. The van der Waals surface area contributed by atoms with Gasteiger partial charge in [-0.3, -0.25) is 25.0 Å². The molecule has 0 saturated carbocycles. The lowest BCUT2D eigenvalue weighted by Crippen LogP contribution is -2.36.